The van der Waals surface area contributed by atoms with E-state index in [4.69, 9.17) is 14.2 Å². The highest BCUT2D eigenvalue weighted by atomic mass is 16.6. The largest absolute Gasteiger partial charge is 0.462 e. The lowest BCUT2D eigenvalue weighted by Crippen LogP contribution is -2.30. The van der Waals surface area contributed by atoms with E-state index in [1.807, 2.05) is 0 Å². The Kier molecular flexibility index (Phi) is 61.7. The molecule has 6 heteroatoms. The molecule has 0 heterocycles. The first kappa shape index (κ1) is 72.8. The van der Waals surface area contributed by atoms with Gasteiger partial charge in [0.15, 0.2) is 6.10 Å². The van der Waals surface area contributed by atoms with Crippen LogP contribution >= 0.6 is 0 Å². The zero-order chi connectivity index (χ0) is 55.0. The number of carbonyl (C=O) groups excluding carboxylic acids is 3. The van der Waals surface area contributed by atoms with Gasteiger partial charge in [-0.2, -0.15) is 0 Å². The third-order valence-electron chi connectivity index (χ3n) is 14.4. The summed E-state index contributed by atoms with van der Waals surface area (Å²) in [6, 6.07) is 0. The fourth-order valence-corrected chi connectivity index (χ4v) is 9.53. The molecule has 0 spiro atoms. The first-order valence-electron chi connectivity index (χ1n) is 32.9. The first-order chi connectivity index (χ1) is 37.5. The van der Waals surface area contributed by atoms with Crippen LogP contribution in [0.15, 0.2) is 72.9 Å². The quantitative estimate of drug-likeness (QED) is 0.0261. The molecule has 0 aliphatic heterocycles. The van der Waals surface area contributed by atoms with Crippen molar-refractivity contribution < 1.29 is 28.6 Å². The predicted octanol–water partition coefficient (Wildman–Crippen LogP) is 22.5. The van der Waals surface area contributed by atoms with Crippen LogP contribution in [0.3, 0.4) is 0 Å². The highest BCUT2D eigenvalue weighted by Gasteiger charge is 2.19. The Hall–Kier alpha value is -3.15. The van der Waals surface area contributed by atoms with Crippen LogP contribution in [0.5, 0.6) is 0 Å². The number of hydrogen-bond acceptors (Lipinski definition) is 6. The third kappa shape index (κ3) is 61.7. The number of rotatable bonds is 60. The van der Waals surface area contributed by atoms with Crippen LogP contribution in [0.25, 0.3) is 0 Å². The van der Waals surface area contributed by atoms with Crippen LogP contribution in [0, 0.1) is 0 Å². The van der Waals surface area contributed by atoms with Crippen molar-refractivity contribution >= 4 is 17.9 Å². The molecule has 0 aromatic heterocycles. The summed E-state index contributed by atoms with van der Waals surface area (Å²) in [5.74, 6) is -0.904. The Morgan fingerprint density at radius 2 is 0.513 bits per heavy atom. The number of unbranched alkanes of at least 4 members (excludes halogenated alkanes) is 37. The maximum Gasteiger partial charge on any atom is 0.306 e. The van der Waals surface area contributed by atoms with Gasteiger partial charge >= 0.3 is 17.9 Å². The molecular weight excluding hydrogens is 937 g/mol. The number of allylic oxidation sites excluding steroid dienone is 12. The van der Waals surface area contributed by atoms with Gasteiger partial charge in [0.25, 0.3) is 0 Å². The fraction of sp³-hybridized carbons (Fsp3) is 0.786. The van der Waals surface area contributed by atoms with Gasteiger partial charge in [-0.3, -0.25) is 14.4 Å². The highest BCUT2D eigenvalue weighted by molar-refractivity contribution is 5.71. The van der Waals surface area contributed by atoms with E-state index >= 15 is 0 Å². The van der Waals surface area contributed by atoms with Gasteiger partial charge in [0.2, 0.25) is 0 Å². The van der Waals surface area contributed by atoms with Crippen LogP contribution < -0.4 is 0 Å². The highest BCUT2D eigenvalue weighted by Crippen LogP contribution is 2.17. The topological polar surface area (TPSA) is 78.9 Å². The van der Waals surface area contributed by atoms with Crippen LogP contribution in [0.1, 0.15) is 335 Å². The normalized spacial score (nSPS) is 12.5. The van der Waals surface area contributed by atoms with Gasteiger partial charge in [-0.05, 0) is 89.9 Å². The van der Waals surface area contributed by atoms with Crippen LogP contribution in [0.4, 0.5) is 0 Å². The Balaban J connectivity index is 3.94. The van der Waals surface area contributed by atoms with E-state index in [2.05, 4.69) is 93.7 Å². The molecule has 0 amide bonds. The minimum absolute atomic E-state index is 0.0820. The number of carbonyl (C=O) groups is 3. The lowest BCUT2D eigenvalue weighted by molar-refractivity contribution is -0.167. The van der Waals surface area contributed by atoms with Gasteiger partial charge < -0.3 is 14.2 Å². The van der Waals surface area contributed by atoms with E-state index in [-0.39, 0.29) is 31.1 Å². The number of esters is 3. The molecule has 0 aromatic carbocycles. The number of ether oxygens (including phenoxy) is 3. The Morgan fingerprint density at radius 3 is 0.803 bits per heavy atom. The Labute approximate surface area is 472 Å². The summed E-state index contributed by atoms with van der Waals surface area (Å²) in [5, 5.41) is 0. The molecule has 0 bridgehead atoms. The van der Waals surface area contributed by atoms with Crippen molar-refractivity contribution in [1.29, 1.82) is 0 Å². The fourth-order valence-electron chi connectivity index (χ4n) is 9.53. The van der Waals surface area contributed by atoms with Crippen molar-refractivity contribution in [3.05, 3.63) is 72.9 Å². The summed E-state index contributed by atoms with van der Waals surface area (Å²) < 4.78 is 16.8. The van der Waals surface area contributed by atoms with Gasteiger partial charge in [0.1, 0.15) is 13.2 Å². The molecule has 0 aliphatic carbocycles. The molecule has 1 atom stereocenters. The van der Waals surface area contributed by atoms with E-state index in [0.717, 1.165) is 103 Å². The molecule has 0 rings (SSSR count). The van der Waals surface area contributed by atoms with Crippen LogP contribution in [-0.2, 0) is 28.6 Å². The molecule has 0 radical (unpaired) electrons. The van der Waals surface area contributed by atoms with E-state index < -0.39 is 6.10 Å². The van der Waals surface area contributed by atoms with E-state index in [1.165, 1.54) is 193 Å². The van der Waals surface area contributed by atoms with E-state index in [9.17, 15) is 14.4 Å². The Bertz CT molecular complexity index is 1400. The van der Waals surface area contributed by atoms with Crippen LogP contribution in [-0.4, -0.2) is 37.2 Å². The molecule has 0 aliphatic rings. The maximum absolute atomic E-state index is 12.8. The summed E-state index contributed by atoms with van der Waals surface area (Å²) in [6.07, 6.45) is 84.1. The lowest BCUT2D eigenvalue weighted by atomic mass is 10.0. The van der Waals surface area contributed by atoms with Crippen molar-refractivity contribution in [2.24, 2.45) is 0 Å². The summed E-state index contributed by atoms with van der Waals surface area (Å²) in [7, 11) is 0. The average molecular weight is 1060 g/mol. The van der Waals surface area contributed by atoms with Crippen molar-refractivity contribution in [2.75, 3.05) is 13.2 Å². The summed E-state index contributed by atoms with van der Waals surface area (Å²) >= 11 is 0. The van der Waals surface area contributed by atoms with Gasteiger partial charge in [0, 0.05) is 19.3 Å². The van der Waals surface area contributed by atoms with Gasteiger partial charge in [-0.15, -0.1) is 0 Å². The van der Waals surface area contributed by atoms with Crippen LogP contribution in [0.2, 0.25) is 0 Å². The molecule has 0 fully saturated rings. The number of hydrogen-bond donors (Lipinski definition) is 0. The van der Waals surface area contributed by atoms with Crippen molar-refractivity contribution in [2.45, 2.75) is 341 Å². The Morgan fingerprint density at radius 1 is 0.276 bits per heavy atom. The maximum atomic E-state index is 12.8. The van der Waals surface area contributed by atoms with Crippen molar-refractivity contribution in [3.63, 3.8) is 0 Å². The van der Waals surface area contributed by atoms with Gasteiger partial charge in [-0.1, -0.05) is 299 Å². The smallest absolute Gasteiger partial charge is 0.306 e. The molecular formula is C70H124O6. The second-order valence-corrected chi connectivity index (χ2v) is 22.0. The van der Waals surface area contributed by atoms with Gasteiger partial charge in [-0.25, -0.2) is 0 Å². The predicted molar refractivity (Wildman–Crippen MR) is 330 cm³/mol. The molecule has 0 saturated carbocycles. The second kappa shape index (κ2) is 64.4. The zero-order valence-corrected chi connectivity index (χ0v) is 50.5. The molecule has 0 aromatic rings. The molecule has 440 valence electrons. The monoisotopic (exact) mass is 1060 g/mol. The molecule has 0 saturated heterocycles. The van der Waals surface area contributed by atoms with Gasteiger partial charge in [0.05, 0.1) is 0 Å². The first-order valence-corrected chi connectivity index (χ1v) is 32.9. The van der Waals surface area contributed by atoms with Crippen molar-refractivity contribution in [1.82, 2.24) is 0 Å². The van der Waals surface area contributed by atoms with Crippen molar-refractivity contribution in [3.8, 4) is 0 Å². The molecule has 6 nitrogen and oxygen atoms in total. The minimum Gasteiger partial charge on any atom is -0.462 e. The summed E-state index contributed by atoms with van der Waals surface area (Å²) in [4.78, 5) is 37.9. The summed E-state index contributed by atoms with van der Waals surface area (Å²) in [6.45, 7) is 6.46. The average Bonchev–Trinajstić information content (AvgIpc) is 3.42. The summed E-state index contributed by atoms with van der Waals surface area (Å²) in [5.41, 5.74) is 0. The SMILES string of the molecule is CC/C=C\C/C=C\C/C=C\C/C=C\CCCCCCC(=O)OC(COC(=O)CCCCCCCC)COC(=O)CCCCCCCCCCCCCCCCCCCCCCCCC/C=C\C/C=C\CCCCCCC. The third-order valence-corrected chi connectivity index (χ3v) is 14.4. The second-order valence-electron chi connectivity index (χ2n) is 22.0. The molecule has 76 heavy (non-hydrogen) atoms. The zero-order valence-electron chi connectivity index (χ0n) is 50.5. The molecule has 0 N–H and O–H groups in total. The molecule has 1 unspecified atom stereocenters. The minimum atomic E-state index is -0.783. The lowest BCUT2D eigenvalue weighted by Gasteiger charge is -2.18. The van der Waals surface area contributed by atoms with E-state index in [0.29, 0.717) is 19.3 Å². The van der Waals surface area contributed by atoms with E-state index in [1.54, 1.807) is 0 Å². The standard InChI is InChI=1S/C70H124O6/c1-4-7-10-13-16-18-20-22-24-26-27-28-29-30-31-32-33-34-35-36-37-38-39-40-41-42-43-45-46-48-50-52-54-57-60-63-69(72)75-66-67(65-74-68(71)62-59-56-15-12-9-6-3)76-70(73)64-61-58-55-53-51-49-47-44-25-23-21-19-17-14-11-8-5-2/h8,11,17,19-20,22-23,25-27,47,49,67H,4-7,9-10,12-16,18,21,24,28-46,48,50-66H2,1-3H3/b11-8-,19-17-,22-20-,25-23-,27-26-,49-47-.